The van der Waals surface area contributed by atoms with Crippen LogP contribution in [0.4, 0.5) is 5.69 Å². The van der Waals surface area contributed by atoms with Gasteiger partial charge in [0, 0.05) is 34.7 Å². The molecule has 0 aliphatic rings. The Morgan fingerprint density at radius 3 is 1.83 bits per heavy atom. The molecule has 0 aromatic heterocycles. The quantitative estimate of drug-likeness (QED) is 0.211. The first-order chi connectivity index (χ1) is 17.5. The molecule has 2 unspecified atom stereocenters. The lowest BCUT2D eigenvalue weighted by Crippen LogP contribution is -2.35. The van der Waals surface area contributed by atoms with Crippen LogP contribution < -0.4 is 4.90 Å². The van der Waals surface area contributed by atoms with E-state index in [0.717, 1.165) is 16.5 Å². The van der Waals surface area contributed by atoms with Crippen molar-refractivity contribution in [2.75, 3.05) is 11.9 Å². The first-order valence-corrected chi connectivity index (χ1v) is 13.1. The average Bonchev–Trinajstić information content (AvgIpc) is 2.92. The average molecular weight is 511 g/mol. The van der Waals surface area contributed by atoms with Crippen LogP contribution in [0.3, 0.4) is 0 Å². The highest BCUT2D eigenvalue weighted by Crippen LogP contribution is 2.32. The molecule has 0 saturated carbocycles. The Morgan fingerprint density at radius 2 is 1.19 bits per heavy atom. The largest absolute Gasteiger partial charge is 0.371 e. The van der Waals surface area contributed by atoms with Crippen molar-refractivity contribution in [1.82, 2.24) is 0 Å². The second kappa shape index (κ2) is 10.8. The molecule has 0 amide bonds. The van der Waals surface area contributed by atoms with Crippen LogP contribution in [-0.4, -0.2) is 13.1 Å². The van der Waals surface area contributed by atoms with Gasteiger partial charge in [0.2, 0.25) is 0 Å². The molecule has 0 aliphatic carbocycles. The van der Waals surface area contributed by atoms with Crippen molar-refractivity contribution >= 4 is 39.7 Å². The van der Waals surface area contributed by atoms with Crippen molar-refractivity contribution in [2.24, 2.45) is 0 Å². The van der Waals surface area contributed by atoms with E-state index < -0.39 is 0 Å². The first-order valence-electron chi connectivity index (χ1n) is 12.3. The monoisotopic (exact) mass is 509 g/mol. The highest BCUT2D eigenvalue weighted by atomic mass is 35.5. The van der Waals surface area contributed by atoms with Gasteiger partial charge in [-0.05, 0) is 82.8 Å². The Morgan fingerprint density at radius 1 is 0.639 bits per heavy atom. The summed E-state index contributed by atoms with van der Waals surface area (Å²) < 4.78 is 0. The Hall–Kier alpha value is -3.26. The standard InChI is InChI=1S/C33H29Cl2N/c1-23(36(2)32-20-15-25-5-3-4-6-29(25)22-32)33(28-13-18-31(35)19-14-28)21-24-7-9-26(10-8-24)27-11-16-30(34)17-12-27/h3-20,22-23,33H,21H2,1-2H3. The van der Waals surface area contributed by atoms with Gasteiger partial charge in [0.25, 0.3) is 0 Å². The maximum absolute atomic E-state index is 6.24. The summed E-state index contributed by atoms with van der Waals surface area (Å²) in [5.41, 5.74) is 6.19. The zero-order valence-electron chi connectivity index (χ0n) is 20.5. The highest BCUT2D eigenvalue weighted by molar-refractivity contribution is 6.30. The number of likely N-dealkylation sites (N-methyl/N-ethyl adjacent to an activating group) is 1. The molecule has 0 bridgehead atoms. The topological polar surface area (TPSA) is 3.24 Å². The Labute approximate surface area is 223 Å². The van der Waals surface area contributed by atoms with E-state index in [-0.39, 0.29) is 6.04 Å². The van der Waals surface area contributed by atoms with E-state index in [1.165, 1.54) is 38.7 Å². The lowest BCUT2D eigenvalue weighted by atomic mass is 9.85. The van der Waals surface area contributed by atoms with Crippen molar-refractivity contribution < 1.29 is 0 Å². The fraction of sp³-hybridized carbons (Fsp3) is 0.152. The molecule has 0 aliphatic heterocycles. The van der Waals surface area contributed by atoms with Gasteiger partial charge in [0.05, 0.1) is 0 Å². The zero-order valence-corrected chi connectivity index (χ0v) is 22.0. The van der Waals surface area contributed by atoms with E-state index in [4.69, 9.17) is 23.2 Å². The summed E-state index contributed by atoms with van der Waals surface area (Å²) in [6.07, 6.45) is 0.932. The number of nitrogens with zero attached hydrogens (tertiary/aromatic N) is 1. The van der Waals surface area contributed by atoms with Gasteiger partial charge in [0.1, 0.15) is 0 Å². The third kappa shape index (κ3) is 5.43. The maximum atomic E-state index is 6.24. The van der Waals surface area contributed by atoms with Crippen LogP contribution in [0.2, 0.25) is 10.0 Å². The molecule has 0 spiro atoms. The molecule has 0 radical (unpaired) electrons. The number of hydrogen-bond acceptors (Lipinski definition) is 1. The molecule has 2 atom stereocenters. The summed E-state index contributed by atoms with van der Waals surface area (Å²) in [7, 11) is 2.20. The van der Waals surface area contributed by atoms with Crippen molar-refractivity contribution in [1.29, 1.82) is 0 Å². The van der Waals surface area contributed by atoms with Crippen LogP contribution >= 0.6 is 23.2 Å². The SMILES string of the molecule is CC(C(Cc1ccc(-c2ccc(Cl)cc2)cc1)c1ccc(Cl)cc1)N(C)c1ccc2ccccc2c1. The summed E-state index contributed by atoms with van der Waals surface area (Å²) in [6.45, 7) is 2.32. The lowest BCUT2D eigenvalue weighted by molar-refractivity contribution is 0.540. The van der Waals surface area contributed by atoms with Gasteiger partial charge in [-0.3, -0.25) is 0 Å². The van der Waals surface area contributed by atoms with E-state index >= 15 is 0 Å². The summed E-state index contributed by atoms with van der Waals surface area (Å²) in [6, 6.07) is 40.7. The Balaban J connectivity index is 1.43. The number of halogens is 2. The van der Waals surface area contributed by atoms with E-state index in [2.05, 4.69) is 110 Å². The number of benzene rings is 5. The van der Waals surface area contributed by atoms with E-state index in [9.17, 15) is 0 Å². The number of rotatable bonds is 7. The zero-order chi connectivity index (χ0) is 25.1. The molecule has 0 N–H and O–H groups in total. The molecule has 1 nitrogen and oxygen atoms in total. The fourth-order valence-corrected chi connectivity index (χ4v) is 5.16. The third-order valence-corrected chi connectivity index (χ3v) is 7.72. The molecule has 5 rings (SSSR count). The van der Waals surface area contributed by atoms with E-state index in [0.29, 0.717) is 5.92 Å². The van der Waals surface area contributed by atoms with Gasteiger partial charge in [-0.2, -0.15) is 0 Å². The van der Waals surface area contributed by atoms with Gasteiger partial charge in [-0.25, -0.2) is 0 Å². The fourth-order valence-electron chi connectivity index (χ4n) is 4.91. The van der Waals surface area contributed by atoms with Gasteiger partial charge in [-0.1, -0.05) is 102 Å². The molecule has 36 heavy (non-hydrogen) atoms. The van der Waals surface area contributed by atoms with Crippen molar-refractivity contribution in [3.05, 3.63) is 136 Å². The summed E-state index contributed by atoms with van der Waals surface area (Å²) in [4.78, 5) is 2.40. The molecule has 0 heterocycles. The predicted octanol–water partition coefficient (Wildman–Crippen LogP) is 9.66. The highest BCUT2D eigenvalue weighted by Gasteiger charge is 2.24. The second-order valence-electron chi connectivity index (χ2n) is 9.45. The van der Waals surface area contributed by atoms with Gasteiger partial charge < -0.3 is 4.90 Å². The molecule has 180 valence electrons. The Bertz CT molecular complexity index is 1440. The minimum Gasteiger partial charge on any atom is -0.371 e. The minimum atomic E-state index is 0.267. The molecule has 3 heteroatoms. The minimum absolute atomic E-state index is 0.267. The van der Waals surface area contributed by atoms with Crippen LogP contribution in [0, 0.1) is 0 Å². The lowest BCUT2D eigenvalue weighted by Gasteiger charge is -2.34. The number of fused-ring (bicyclic) bond motifs is 1. The maximum Gasteiger partial charge on any atom is 0.0406 e. The molecule has 0 saturated heterocycles. The third-order valence-electron chi connectivity index (χ3n) is 7.22. The molecule has 5 aromatic carbocycles. The van der Waals surface area contributed by atoms with Crippen molar-refractivity contribution in [3.8, 4) is 11.1 Å². The summed E-state index contributed by atoms with van der Waals surface area (Å²) >= 11 is 12.3. The Kier molecular flexibility index (Phi) is 7.32. The van der Waals surface area contributed by atoms with E-state index in [1.54, 1.807) is 0 Å². The first kappa shape index (κ1) is 24.4. The van der Waals surface area contributed by atoms with Gasteiger partial charge in [0.15, 0.2) is 0 Å². The van der Waals surface area contributed by atoms with Gasteiger partial charge in [-0.15, -0.1) is 0 Å². The molecule has 0 fully saturated rings. The van der Waals surface area contributed by atoms with Crippen LogP contribution in [0.25, 0.3) is 21.9 Å². The molecule has 5 aromatic rings. The normalized spacial score (nSPS) is 12.9. The van der Waals surface area contributed by atoms with Gasteiger partial charge >= 0.3 is 0 Å². The van der Waals surface area contributed by atoms with Crippen LogP contribution in [0.1, 0.15) is 24.0 Å². The van der Waals surface area contributed by atoms with Crippen molar-refractivity contribution in [2.45, 2.75) is 25.3 Å². The molecular weight excluding hydrogens is 481 g/mol. The number of anilines is 1. The summed E-state index contributed by atoms with van der Waals surface area (Å²) in [5, 5.41) is 4.04. The number of hydrogen-bond donors (Lipinski definition) is 0. The van der Waals surface area contributed by atoms with Crippen LogP contribution in [0.15, 0.2) is 115 Å². The van der Waals surface area contributed by atoms with Crippen LogP contribution in [0.5, 0.6) is 0 Å². The molecular formula is C33H29Cl2N. The van der Waals surface area contributed by atoms with Crippen molar-refractivity contribution in [3.63, 3.8) is 0 Å². The van der Waals surface area contributed by atoms with E-state index in [1.807, 2.05) is 24.3 Å². The van der Waals surface area contributed by atoms with Crippen LogP contribution in [-0.2, 0) is 6.42 Å². The smallest absolute Gasteiger partial charge is 0.0406 e. The summed E-state index contributed by atoms with van der Waals surface area (Å²) in [5.74, 6) is 0.292. The predicted molar refractivity (Wildman–Crippen MR) is 157 cm³/mol. The second-order valence-corrected chi connectivity index (χ2v) is 10.3.